The zero-order valence-electron chi connectivity index (χ0n) is 14.1. The van der Waals surface area contributed by atoms with Gasteiger partial charge in [-0.25, -0.2) is 4.68 Å². The van der Waals surface area contributed by atoms with Crippen LogP contribution in [0.1, 0.15) is 16.8 Å². The molecule has 1 aromatic heterocycles. The van der Waals surface area contributed by atoms with E-state index < -0.39 is 6.10 Å². The predicted molar refractivity (Wildman–Crippen MR) is 91.1 cm³/mol. The van der Waals surface area contributed by atoms with Crippen molar-refractivity contribution < 1.29 is 9.84 Å². The number of ether oxygens (including phenoxy) is 1. The first-order valence-electron chi connectivity index (χ1n) is 8.14. The average molecular weight is 340 g/mol. The molecule has 0 aliphatic carbocycles. The van der Waals surface area contributed by atoms with E-state index in [-0.39, 0.29) is 12.2 Å². The Morgan fingerprint density at radius 1 is 1.40 bits per heavy atom. The lowest BCUT2D eigenvalue weighted by Crippen LogP contribution is -2.40. The molecule has 0 saturated heterocycles. The molecule has 0 fully saturated rings. The van der Waals surface area contributed by atoms with Crippen LogP contribution in [0, 0.1) is 11.3 Å². The third kappa shape index (κ3) is 4.24. The van der Waals surface area contributed by atoms with Crippen molar-refractivity contribution >= 4 is 0 Å². The summed E-state index contributed by atoms with van der Waals surface area (Å²) < 4.78 is 6.92. The smallest absolute Gasteiger partial charge is 0.266 e. The molecule has 130 valence electrons. The van der Waals surface area contributed by atoms with Gasteiger partial charge in [0.2, 0.25) is 0 Å². The highest BCUT2D eigenvalue weighted by Gasteiger charge is 2.21. The van der Waals surface area contributed by atoms with E-state index in [2.05, 4.69) is 10.00 Å². The Hall–Kier alpha value is -2.69. The van der Waals surface area contributed by atoms with Gasteiger partial charge in [0.15, 0.2) is 0 Å². The van der Waals surface area contributed by atoms with Crippen LogP contribution in [0.4, 0.5) is 0 Å². The molecule has 2 heterocycles. The zero-order valence-corrected chi connectivity index (χ0v) is 14.1. The van der Waals surface area contributed by atoms with Gasteiger partial charge in [0, 0.05) is 39.2 Å². The molecule has 0 radical (unpaired) electrons. The Morgan fingerprint density at radius 2 is 2.16 bits per heavy atom. The number of fused-ring (bicyclic) bond motifs is 1. The number of aliphatic hydroxyl groups excluding tert-OH is 1. The maximum atomic E-state index is 11.7. The van der Waals surface area contributed by atoms with Crippen molar-refractivity contribution in [3.05, 3.63) is 57.5 Å². The van der Waals surface area contributed by atoms with Crippen LogP contribution in [0.15, 0.2) is 35.1 Å². The summed E-state index contributed by atoms with van der Waals surface area (Å²) in [5.41, 5.74) is 2.32. The van der Waals surface area contributed by atoms with Gasteiger partial charge in [-0.05, 0) is 29.8 Å². The van der Waals surface area contributed by atoms with Crippen LogP contribution >= 0.6 is 0 Å². The van der Waals surface area contributed by atoms with E-state index in [1.807, 2.05) is 6.07 Å². The van der Waals surface area contributed by atoms with Crippen molar-refractivity contribution in [2.45, 2.75) is 19.1 Å². The standard InChI is InChI=1S/C18H20N4O3/c1-21-18(24)8-14-10-22(7-6-17(14)20-21)11-15(23)12-25-16-4-2-13(9-19)3-5-16/h2-5,8,15,23H,6-7,10-12H2,1H3/t15-/m1/s1. The van der Waals surface area contributed by atoms with Gasteiger partial charge < -0.3 is 9.84 Å². The molecule has 3 rings (SSSR count). The number of nitriles is 1. The maximum Gasteiger partial charge on any atom is 0.266 e. The fraction of sp³-hybridized carbons (Fsp3) is 0.389. The second-order valence-corrected chi connectivity index (χ2v) is 6.16. The molecule has 7 heteroatoms. The number of hydrogen-bond acceptors (Lipinski definition) is 6. The maximum absolute atomic E-state index is 11.7. The number of nitrogens with zero attached hydrogens (tertiary/aromatic N) is 4. The van der Waals surface area contributed by atoms with E-state index in [9.17, 15) is 9.90 Å². The monoisotopic (exact) mass is 340 g/mol. The van der Waals surface area contributed by atoms with Gasteiger partial charge in [0.25, 0.3) is 5.56 Å². The van der Waals surface area contributed by atoms with Crippen molar-refractivity contribution in [3.63, 3.8) is 0 Å². The van der Waals surface area contributed by atoms with Gasteiger partial charge in [0.05, 0.1) is 17.3 Å². The van der Waals surface area contributed by atoms with Crippen LogP contribution in [0.5, 0.6) is 5.75 Å². The van der Waals surface area contributed by atoms with Gasteiger partial charge in [-0.1, -0.05) is 0 Å². The van der Waals surface area contributed by atoms with Crippen molar-refractivity contribution in [2.24, 2.45) is 7.05 Å². The van der Waals surface area contributed by atoms with Crippen LogP contribution in [0.25, 0.3) is 0 Å². The van der Waals surface area contributed by atoms with Crippen LogP contribution in [0.2, 0.25) is 0 Å². The third-order valence-corrected chi connectivity index (χ3v) is 4.21. The summed E-state index contributed by atoms with van der Waals surface area (Å²) in [6.07, 6.45) is 0.115. The van der Waals surface area contributed by atoms with E-state index in [4.69, 9.17) is 10.00 Å². The van der Waals surface area contributed by atoms with Gasteiger partial charge >= 0.3 is 0 Å². The average Bonchev–Trinajstić information content (AvgIpc) is 2.61. The SMILES string of the molecule is Cn1nc2c(cc1=O)CN(C[C@@H](O)COc1ccc(C#N)cc1)CC2. The summed E-state index contributed by atoms with van der Waals surface area (Å²) in [7, 11) is 1.65. The number of hydrogen-bond donors (Lipinski definition) is 1. The summed E-state index contributed by atoms with van der Waals surface area (Å²) >= 11 is 0. The van der Waals surface area contributed by atoms with E-state index in [1.165, 1.54) is 4.68 Å². The Kier molecular flexibility index (Phi) is 5.12. The highest BCUT2D eigenvalue weighted by Crippen LogP contribution is 2.16. The number of benzene rings is 1. The number of aromatic nitrogens is 2. The molecule has 0 unspecified atom stereocenters. The number of aliphatic hydroxyl groups is 1. The normalized spacial score (nSPS) is 15.2. The quantitative estimate of drug-likeness (QED) is 0.850. The highest BCUT2D eigenvalue weighted by molar-refractivity contribution is 5.34. The Bertz CT molecular complexity index is 839. The summed E-state index contributed by atoms with van der Waals surface area (Å²) in [5.74, 6) is 0.620. The molecule has 1 aromatic carbocycles. The Labute approximate surface area is 145 Å². The van der Waals surface area contributed by atoms with Gasteiger partial charge in [-0.2, -0.15) is 10.4 Å². The summed E-state index contributed by atoms with van der Waals surface area (Å²) in [6.45, 7) is 2.02. The highest BCUT2D eigenvalue weighted by atomic mass is 16.5. The summed E-state index contributed by atoms with van der Waals surface area (Å²) in [4.78, 5) is 13.8. The molecule has 2 aromatic rings. The fourth-order valence-corrected chi connectivity index (χ4v) is 2.88. The first-order chi connectivity index (χ1) is 12.0. The van der Waals surface area contributed by atoms with Gasteiger partial charge in [0.1, 0.15) is 18.5 Å². The number of aryl methyl sites for hydroxylation is 1. The van der Waals surface area contributed by atoms with E-state index in [1.54, 1.807) is 37.4 Å². The largest absolute Gasteiger partial charge is 0.491 e. The van der Waals surface area contributed by atoms with Gasteiger partial charge in [-0.3, -0.25) is 9.69 Å². The first-order valence-corrected chi connectivity index (χ1v) is 8.14. The predicted octanol–water partition coefficient (Wildman–Crippen LogP) is 0.450. The minimum absolute atomic E-state index is 0.120. The first kappa shape index (κ1) is 17.1. The van der Waals surface area contributed by atoms with Crippen molar-refractivity contribution in [1.82, 2.24) is 14.7 Å². The van der Waals surface area contributed by atoms with Crippen molar-refractivity contribution in [3.8, 4) is 11.8 Å². The number of rotatable bonds is 5. The van der Waals surface area contributed by atoms with E-state index in [0.29, 0.717) is 24.4 Å². The molecule has 1 aliphatic heterocycles. The van der Waals surface area contributed by atoms with E-state index in [0.717, 1.165) is 24.2 Å². The lowest BCUT2D eigenvalue weighted by atomic mass is 10.1. The molecule has 1 aliphatic rings. The lowest BCUT2D eigenvalue weighted by molar-refractivity contribution is 0.0633. The molecule has 1 atom stereocenters. The minimum atomic E-state index is -0.642. The van der Waals surface area contributed by atoms with E-state index >= 15 is 0 Å². The van der Waals surface area contributed by atoms with Crippen LogP contribution in [-0.4, -0.2) is 45.6 Å². The second kappa shape index (κ2) is 7.47. The molecular formula is C18H20N4O3. The third-order valence-electron chi connectivity index (χ3n) is 4.21. The topological polar surface area (TPSA) is 91.4 Å². The molecule has 7 nitrogen and oxygen atoms in total. The Balaban J connectivity index is 1.53. The summed E-state index contributed by atoms with van der Waals surface area (Å²) in [6, 6.07) is 10.4. The van der Waals surface area contributed by atoms with Crippen LogP contribution < -0.4 is 10.3 Å². The fourth-order valence-electron chi connectivity index (χ4n) is 2.88. The molecule has 25 heavy (non-hydrogen) atoms. The van der Waals surface area contributed by atoms with Gasteiger partial charge in [-0.15, -0.1) is 0 Å². The summed E-state index contributed by atoms with van der Waals surface area (Å²) in [5, 5.41) is 23.3. The lowest BCUT2D eigenvalue weighted by Gasteiger charge is -2.29. The molecule has 0 bridgehead atoms. The molecular weight excluding hydrogens is 320 g/mol. The van der Waals surface area contributed by atoms with Crippen molar-refractivity contribution in [2.75, 3.05) is 19.7 Å². The zero-order chi connectivity index (χ0) is 17.8. The molecule has 0 amide bonds. The van der Waals surface area contributed by atoms with Crippen LogP contribution in [-0.2, 0) is 20.0 Å². The second-order valence-electron chi connectivity index (χ2n) is 6.16. The molecule has 1 N–H and O–H groups in total. The molecule has 0 spiro atoms. The minimum Gasteiger partial charge on any atom is -0.491 e. The number of β-amino-alcohol motifs (C(OH)–C–C–N with tert-alkyl or cyclic N) is 1. The molecule has 0 saturated carbocycles. The Morgan fingerprint density at radius 3 is 2.88 bits per heavy atom. The van der Waals surface area contributed by atoms with Crippen molar-refractivity contribution in [1.29, 1.82) is 5.26 Å². The van der Waals surface area contributed by atoms with Crippen LogP contribution in [0.3, 0.4) is 0 Å².